The van der Waals surface area contributed by atoms with E-state index in [1.165, 1.54) is 37.3 Å². The molecule has 0 spiro atoms. The topological polar surface area (TPSA) is 72.2 Å². The summed E-state index contributed by atoms with van der Waals surface area (Å²) in [6.45, 7) is 0.863. The first kappa shape index (κ1) is 17.2. The summed E-state index contributed by atoms with van der Waals surface area (Å²) in [7, 11) is -3.19. The summed E-state index contributed by atoms with van der Waals surface area (Å²) in [5.41, 5.74) is 7.16. The molecule has 4 nitrogen and oxygen atoms in total. The van der Waals surface area contributed by atoms with Crippen molar-refractivity contribution in [1.29, 1.82) is 0 Å². The molecule has 20 heavy (non-hydrogen) atoms. The molecular weight excluding hydrogens is 292 g/mol. The van der Waals surface area contributed by atoms with Gasteiger partial charge in [0.05, 0.1) is 16.3 Å². The maximum absolute atomic E-state index is 11.4. The molecule has 0 bridgehead atoms. The van der Waals surface area contributed by atoms with Gasteiger partial charge in [-0.2, -0.15) is 11.8 Å². The Bertz CT molecular complexity index is 516. The van der Waals surface area contributed by atoms with Crippen molar-refractivity contribution in [1.82, 2.24) is 0 Å². The first-order valence-corrected chi connectivity index (χ1v) is 10.1. The van der Waals surface area contributed by atoms with Gasteiger partial charge in [-0.25, -0.2) is 8.42 Å². The fourth-order valence-corrected chi connectivity index (χ4v) is 3.03. The van der Waals surface area contributed by atoms with Crippen LogP contribution in [0.4, 0.5) is 11.4 Å². The zero-order valence-corrected chi connectivity index (χ0v) is 13.8. The van der Waals surface area contributed by atoms with Gasteiger partial charge < -0.3 is 11.1 Å². The molecule has 3 N–H and O–H groups in total. The van der Waals surface area contributed by atoms with Crippen LogP contribution in [0.5, 0.6) is 0 Å². The zero-order valence-electron chi connectivity index (χ0n) is 12.2. The summed E-state index contributed by atoms with van der Waals surface area (Å²) in [6.07, 6.45) is 8.14. The van der Waals surface area contributed by atoms with Crippen molar-refractivity contribution in [3.63, 3.8) is 0 Å². The van der Waals surface area contributed by atoms with Crippen molar-refractivity contribution in [3.8, 4) is 0 Å². The maximum atomic E-state index is 11.4. The maximum Gasteiger partial charge on any atom is 0.175 e. The van der Waals surface area contributed by atoms with Crippen molar-refractivity contribution in [2.24, 2.45) is 0 Å². The van der Waals surface area contributed by atoms with Crippen LogP contribution in [0.25, 0.3) is 0 Å². The van der Waals surface area contributed by atoms with Crippen molar-refractivity contribution in [3.05, 3.63) is 18.2 Å². The standard InChI is InChI=1S/C14H24N2O2S2/c1-19-10-6-4-3-5-9-16-14-8-7-12(11-13(14)15)20(2,17)18/h7-8,11,16H,3-6,9-10,15H2,1-2H3. The Balaban J connectivity index is 2.38. The van der Waals surface area contributed by atoms with E-state index < -0.39 is 9.84 Å². The Morgan fingerprint density at radius 2 is 1.90 bits per heavy atom. The average molecular weight is 316 g/mol. The predicted molar refractivity (Wildman–Crippen MR) is 89.3 cm³/mol. The number of hydrogen-bond donors (Lipinski definition) is 2. The molecule has 0 unspecified atom stereocenters. The molecule has 6 heteroatoms. The summed E-state index contributed by atoms with van der Waals surface area (Å²) in [5, 5.41) is 3.26. The van der Waals surface area contributed by atoms with Crippen molar-refractivity contribution < 1.29 is 8.42 Å². The number of nitrogen functional groups attached to an aromatic ring is 1. The number of benzene rings is 1. The Morgan fingerprint density at radius 3 is 2.50 bits per heavy atom. The van der Waals surface area contributed by atoms with Crippen LogP contribution in [-0.4, -0.2) is 33.2 Å². The SMILES string of the molecule is CSCCCCCCNc1ccc(S(C)(=O)=O)cc1N. The normalized spacial score (nSPS) is 11.5. The summed E-state index contributed by atoms with van der Waals surface area (Å²) in [6, 6.07) is 4.84. The highest BCUT2D eigenvalue weighted by Gasteiger charge is 2.09. The molecule has 114 valence electrons. The number of hydrogen-bond acceptors (Lipinski definition) is 5. The van der Waals surface area contributed by atoms with E-state index >= 15 is 0 Å². The number of thioether (sulfide) groups is 1. The lowest BCUT2D eigenvalue weighted by atomic mass is 10.2. The molecule has 0 amide bonds. The third-order valence-electron chi connectivity index (χ3n) is 3.04. The van der Waals surface area contributed by atoms with Gasteiger partial charge in [0.25, 0.3) is 0 Å². The molecule has 1 aromatic carbocycles. The number of nitrogens with one attached hydrogen (secondary N) is 1. The Morgan fingerprint density at radius 1 is 1.20 bits per heavy atom. The van der Waals surface area contributed by atoms with Gasteiger partial charge in [0.15, 0.2) is 9.84 Å². The largest absolute Gasteiger partial charge is 0.397 e. The number of rotatable bonds is 9. The van der Waals surface area contributed by atoms with Crippen molar-refractivity contribution in [2.75, 3.05) is 35.9 Å². The molecular formula is C14H24N2O2S2. The van der Waals surface area contributed by atoms with E-state index in [4.69, 9.17) is 5.73 Å². The van der Waals surface area contributed by atoms with Gasteiger partial charge in [-0.3, -0.25) is 0 Å². The molecule has 0 aliphatic carbocycles. The first-order valence-electron chi connectivity index (χ1n) is 6.77. The third-order valence-corrected chi connectivity index (χ3v) is 4.85. The molecule has 0 fully saturated rings. The van der Waals surface area contributed by atoms with Gasteiger partial charge in [0.1, 0.15) is 0 Å². The number of anilines is 2. The summed E-state index contributed by atoms with van der Waals surface area (Å²) < 4.78 is 22.8. The Kier molecular flexibility index (Phi) is 7.23. The van der Waals surface area contributed by atoms with E-state index in [-0.39, 0.29) is 4.90 Å². The van der Waals surface area contributed by atoms with E-state index in [2.05, 4.69) is 11.6 Å². The van der Waals surface area contributed by atoms with E-state index in [1.54, 1.807) is 12.1 Å². The second-order valence-electron chi connectivity index (χ2n) is 4.86. The number of nitrogens with two attached hydrogens (primary N) is 1. The summed E-state index contributed by atoms with van der Waals surface area (Å²) in [5.74, 6) is 1.23. The van der Waals surface area contributed by atoms with E-state index in [0.717, 1.165) is 18.7 Å². The second-order valence-corrected chi connectivity index (χ2v) is 7.86. The fraction of sp³-hybridized carbons (Fsp3) is 0.571. The zero-order chi connectivity index (χ0) is 15.0. The lowest BCUT2D eigenvalue weighted by molar-refractivity contribution is 0.602. The molecule has 1 aromatic rings. The van der Waals surface area contributed by atoms with Gasteiger partial charge in [-0.05, 0) is 43.0 Å². The smallest absolute Gasteiger partial charge is 0.175 e. The second kappa shape index (κ2) is 8.42. The highest BCUT2D eigenvalue weighted by Crippen LogP contribution is 2.22. The first-order chi connectivity index (χ1) is 9.45. The Hall–Kier alpha value is -0.880. The minimum atomic E-state index is -3.19. The lowest BCUT2D eigenvalue weighted by Gasteiger charge is -2.10. The van der Waals surface area contributed by atoms with Gasteiger partial charge >= 0.3 is 0 Å². The Labute approximate surface area is 126 Å². The molecule has 0 aliphatic rings. The van der Waals surface area contributed by atoms with Crippen LogP contribution in [0, 0.1) is 0 Å². The van der Waals surface area contributed by atoms with Crippen LogP contribution in [0.1, 0.15) is 25.7 Å². The molecule has 0 saturated carbocycles. The third kappa shape index (κ3) is 6.05. The van der Waals surface area contributed by atoms with Crippen molar-refractivity contribution >= 4 is 33.0 Å². The summed E-state index contributed by atoms with van der Waals surface area (Å²) >= 11 is 1.89. The fourth-order valence-electron chi connectivity index (χ4n) is 1.88. The number of unbranched alkanes of at least 4 members (excludes halogenated alkanes) is 3. The van der Waals surface area contributed by atoms with E-state index in [1.807, 2.05) is 11.8 Å². The predicted octanol–water partition coefficient (Wildman–Crippen LogP) is 3.01. The van der Waals surface area contributed by atoms with Crippen LogP contribution >= 0.6 is 11.8 Å². The van der Waals surface area contributed by atoms with Crippen LogP contribution in [0.3, 0.4) is 0 Å². The molecule has 1 rings (SSSR count). The minimum absolute atomic E-state index is 0.262. The molecule has 0 heterocycles. The number of sulfone groups is 1. The highest BCUT2D eigenvalue weighted by molar-refractivity contribution is 7.98. The van der Waals surface area contributed by atoms with E-state index in [9.17, 15) is 8.42 Å². The molecule has 0 atom stereocenters. The average Bonchev–Trinajstić information content (AvgIpc) is 2.38. The van der Waals surface area contributed by atoms with E-state index in [0.29, 0.717) is 5.69 Å². The van der Waals surface area contributed by atoms with Crippen LogP contribution in [0.2, 0.25) is 0 Å². The molecule has 0 aliphatic heterocycles. The quantitative estimate of drug-likeness (QED) is 0.541. The lowest BCUT2D eigenvalue weighted by Crippen LogP contribution is -2.06. The van der Waals surface area contributed by atoms with Gasteiger partial charge in [0, 0.05) is 12.8 Å². The van der Waals surface area contributed by atoms with Gasteiger partial charge in [-0.15, -0.1) is 0 Å². The van der Waals surface area contributed by atoms with Gasteiger partial charge in [-0.1, -0.05) is 12.8 Å². The summed E-state index contributed by atoms with van der Waals surface area (Å²) in [4.78, 5) is 0.262. The van der Waals surface area contributed by atoms with Crippen molar-refractivity contribution in [2.45, 2.75) is 30.6 Å². The highest BCUT2D eigenvalue weighted by atomic mass is 32.2. The van der Waals surface area contributed by atoms with Crippen LogP contribution in [-0.2, 0) is 9.84 Å². The molecule has 0 radical (unpaired) electrons. The van der Waals surface area contributed by atoms with Gasteiger partial charge in [0.2, 0.25) is 0 Å². The molecule has 0 aromatic heterocycles. The molecule has 0 saturated heterocycles. The van der Waals surface area contributed by atoms with Crippen LogP contribution < -0.4 is 11.1 Å². The monoisotopic (exact) mass is 316 g/mol. The van der Waals surface area contributed by atoms with Crippen LogP contribution in [0.15, 0.2) is 23.1 Å². The minimum Gasteiger partial charge on any atom is -0.397 e.